The predicted octanol–water partition coefficient (Wildman–Crippen LogP) is 3.77. The van der Waals surface area contributed by atoms with Gasteiger partial charge >= 0.3 is 0 Å². The molecule has 0 heterocycles. The first-order chi connectivity index (χ1) is 7.44. The van der Waals surface area contributed by atoms with E-state index in [1.54, 1.807) is 0 Å². The van der Waals surface area contributed by atoms with Crippen LogP contribution in [-0.4, -0.2) is 13.6 Å². The number of hydrogen-bond donors (Lipinski definition) is 1. The summed E-state index contributed by atoms with van der Waals surface area (Å²) < 4.78 is 13.6. The van der Waals surface area contributed by atoms with Crippen molar-refractivity contribution in [3.63, 3.8) is 0 Å². The highest BCUT2D eigenvalue weighted by Gasteiger charge is 2.18. The molecule has 0 radical (unpaired) electrons. The lowest BCUT2D eigenvalue weighted by atomic mass is 9.83. The monoisotopic (exact) mass is 287 g/mol. The van der Waals surface area contributed by atoms with Crippen LogP contribution < -0.4 is 5.32 Å². The molecule has 0 bridgehead atoms. The molecule has 90 valence electrons. The molecule has 0 amide bonds. The summed E-state index contributed by atoms with van der Waals surface area (Å²) >= 11 is 3.22. The van der Waals surface area contributed by atoms with E-state index in [1.807, 2.05) is 19.2 Å². The highest BCUT2D eigenvalue weighted by Crippen LogP contribution is 2.27. The molecule has 1 aromatic carbocycles. The molecule has 0 saturated carbocycles. The van der Waals surface area contributed by atoms with Crippen LogP contribution in [0, 0.1) is 11.2 Å². The molecule has 0 aliphatic heterocycles. The Labute approximate surface area is 106 Å². The maximum Gasteiger partial charge on any atom is 0.137 e. The van der Waals surface area contributed by atoms with Gasteiger partial charge < -0.3 is 5.32 Å². The van der Waals surface area contributed by atoms with Gasteiger partial charge in [-0.3, -0.25) is 0 Å². The SMILES string of the molecule is CNCCC(C)(C)Cc1ccc(F)c(Br)c1. The lowest BCUT2D eigenvalue weighted by Crippen LogP contribution is -2.21. The molecule has 1 rings (SSSR count). The van der Waals surface area contributed by atoms with Crippen LogP contribution in [0.25, 0.3) is 0 Å². The van der Waals surface area contributed by atoms with E-state index in [9.17, 15) is 4.39 Å². The van der Waals surface area contributed by atoms with E-state index in [1.165, 1.54) is 11.6 Å². The Bertz CT molecular complexity index is 350. The third-order valence-corrected chi connectivity index (χ3v) is 3.33. The molecule has 16 heavy (non-hydrogen) atoms. The van der Waals surface area contributed by atoms with Crippen LogP contribution in [0.3, 0.4) is 0 Å². The van der Waals surface area contributed by atoms with Crippen molar-refractivity contribution in [2.75, 3.05) is 13.6 Å². The quantitative estimate of drug-likeness (QED) is 0.869. The second kappa shape index (κ2) is 5.78. The van der Waals surface area contributed by atoms with Gasteiger partial charge in [-0.1, -0.05) is 19.9 Å². The second-order valence-electron chi connectivity index (χ2n) is 4.94. The molecular weight excluding hydrogens is 269 g/mol. The van der Waals surface area contributed by atoms with Gasteiger partial charge in [0.25, 0.3) is 0 Å². The van der Waals surface area contributed by atoms with Crippen molar-refractivity contribution in [3.8, 4) is 0 Å². The Morgan fingerprint density at radius 1 is 1.38 bits per heavy atom. The lowest BCUT2D eigenvalue weighted by Gasteiger charge is -2.24. The third kappa shape index (κ3) is 4.22. The molecule has 1 nitrogen and oxygen atoms in total. The van der Waals surface area contributed by atoms with Gasteiger partial charge in [-0.05, 0) is 65.5 Å². The van der Waals surface area contributed by atoms with Crippen molar-refractivity contribution in [1.82, 2.24) is 5.32 Å². The van der Waals surface area contributed by atoms with Crippen LogP contribution in [0.5, 0.6) is 0 Å². The molecule has 1 aromatic rings. The number of rotatable bonds is 5. The van der Waals surface area contributed by atoms with E-state index in [-0.39, 0.29) is 11.2 Å². The average Bonchev–Trinajstić information content (AvgIpc) is 2.20. The summed E-state index contributed by atoms with van der Waals surface area (Å²) in [6.45, 7) is 5.48. The van der Waals surface area contributed by atoms with Crippen molar-refractivity contribution in [1.29, 1.82) is 0 Å². The highest BCUT2D eigenvalue weighted by molar-refractivity contribution is 9.10. The molecule has 1 N–H and O–H groups in total. The van der Waals surface area contributed by atoms with E-state index < -0.39 is 0 Å². The number of hydrogen-bond acceptors (Lipinski definition) is 1. The van der Waals surface area contributed by atoms with Crippen molar-refractivity contribution in [2.24, 2.45) is 5.41 Å². The summed E-state index contributed by atoms with van der Waals surface area (Å²) in [5.74, 6) is -0.197. The molecule has 0 spiro atoms. The van der Waals surface area contributed by atoms with E-state index in [4.69, 9.17) is 0 Å². The van der Waals surface area contributed by atoms with Crippen LogP contribution in [0.1, 0.15) is 25.8 Å². The van der Waals surface area contributed by atoms with Crippen LogP contribution >= 0.6 is 15.9 Å². The van der Waals surface area contributed by atoms with Gasteiger partial charge in [-0.15, -0.1) is 0 Å². The summed E-state index contributed by atoms with van der Waals surface area (Å²) in [6, 6.07) is 5.26. The first kappa shape index (κ1) is 13.7. The topological polar surface area (TPSA) is 12.0 Å². The second-order valence-corrected chi connectivity index (χ2v) is 5.80. The zero-order chi connectivity index (χ0) is 12.2. The van der Waals surface area contributed by atoms with Gasteiger partial charge in [-0.2, -0.15) is 0 Å². The van der Waals surface area contributed by atoms with E-state index in [0.717, 1.165) is 19.4 Å². The third-order valence-electron chi connectivity index (χ3n) is 2.72. The van der Waals surface area contributed by atoms with E-state index >= 15 is 0 Å². The predicted molar refractivity (Wildman–Crippen MR) is 70.1 cm³/mol. The summed E-state index contributed by atoms with van der Waals surface area (Å²) in [6.07, 6.45) is 2.08. The van der Waals surface area contributed by atoms with Gasteiger partial charge in [0.1, 0.15) is 5.82 Å². The zero-order valence-electron chi connectivity index (χ0n) is 10.1. The van der Waals surface area contributed by atoms with Crippen LogP contribution in [-0.2, 0) is 6.42 Å². The van der Waals surface area contributed by atoms with Gasteiger partial charge in [0.15, 0.2) is 0 Å². The minimum Gasteiger partial charge on any atom is -0.320 e. The van der Waals surface area contributed by atoms with E-state index in [0.29, 0.717) is 4.47 Å². The Hall–Kier alpha value is -0.410. The van der Waals surface area contributed by atoms with Gasteiger partial charge in [0.2, 0.25) is 0 Å². The zero-order valence-corrected chi connectivity index (χ0v) is 11.7. The van der Waals surface area contributed by atoms with Crippen LogP contribution in [0.15, 0.2) is 22.7 Å². The number of nitrogens with one attached hydrogen (secondary N) is 1. The molecule has 0 saturated heterocycles. The van der Waals surface area contributed by atoms with Crippen molar-refractivity contribution in [3.05, 3.63) is 34.1 Å². The number of halogens is 2. The fraction of sp³-hybridized carbons (Fsp3) is 0.538. The average molecular weight is 288 g/mol. The molecule has 0 aliphatic rings. The van der Waals surface area contributed by atoms with Gasteiger partial charge in [0, 0.05) is 0 Å². The fourth-order valence-corrected chi connectivity index (χ4v) is 2.18. The van der Waals surface area contributed by atoms with Gasteiger partial charge in [0.05, 0.1) is 4.47 Å². The summed E-state index contributed by atoms with van der Waals surface area (Å²) in [4.78, 5) is 0. The summed E-state index contributed by atoms with van der Waals surface area (Å²) in [5, 5.41) is 3.16. The lowest BCUT2D eigenvalue weighted by molar-refractivity contribution is 0.329. The summed E-state index contributed by atoms with van der Waals surface area (Å²) in [7, 11) is 1.96. The van der Waals surface area contributed by atoms with Crippen LogP contribution in [0.4, 0.5) is 4.39 Å². The van der Waals surface area contributed by atoms with Crippen molar-refractivity contribution < 1.29 is 4.39 Å². The molecule has 0 unspecified atom stereocenters. The minimum atomic E-state index is -0.197. The molecular formula is C13H19BrFN. The van der Waals surface area contributed by atoms with Crippen molar-refractivity contribution >= 4 is 15.9 Å². The highest BCUT2D eigenvalue weighted by atomic mass is 79.9. The molecule has 3 heteroatoms. The Morgan fingerprint density at radius 2 is 2.06 bits per heavy atom. The standard InChI is InChI=1S/C13H19BrFN/c1-13(2,6-7-16-3)9-10-4-5-12(15)11(14)8-10/h4-5,8,16H,6-7,9H2,1-3H3. The molecule has 0 aliphatic carbocycles. The molecule has 0 aromatic heterocycles. The minimum absolute atomic E-state index is 0.197. The van der Waals surface area contributed by atoms with E-state index in [2.05, 4.69) is 35.1 Å². The van der Waals surface area contributed by atoms with Crippen LogP contribution in [0.2, 0.25) is 0 Å². The maximum atomic E-state index is 13.1. The smallest absolute Gasteiger partial charge is 0.137 e. The Morgan fingerprint density at radius 3 is 2.62 bits per heavy atom. The Kier molecular flexibility index (Phi) is 4.93. The Balaban J connectivity index is 2.68. The van der Waals surface area contributed by atoms with Crippen molar-refractivity contribution in [2.45, 2.75) is 26.7 Å². The first-order valence-corrected chi connectivity index (χ1v) is 6.32. The molecule has 0 atom stereocenters. The largest absolute Gasteiger partial charge is 0.320 e. The van der Waals surface area contributed by atoms with Gasteiger partial charge in [-0.25, -0.2) is 4.39 Å². The first-order valence-electron chi connectivity index (χ1n) is 5.53. The maximum absolute atomic E-state index is 13.1. The summed E-state index contributed by atoms with van der Waals surface area (Å²) in [5.41, 5.74) is 1.41. The molecule has 0 fully saturated rings. The fourth-order valence-electron chi connectivity index (χ4n) is 1.75. The number of benzene rings is 1. The normalized spacial score (nSPS) is 11.8.